The SMILES string of the molecule is Cc1cc(C(=O)N2CC[C@@H]3CNC[C@@H]3CC2)c(C)o1. The molecule has 0 bridgehead atoms. The molecule has 0 unspecified atom stereocenters. The Bertz CT molecular complexity index is 466. The predicted octanol–water partition coefficient (Wildman–Crippen LogP) is 1.97. The molecule has 1 amide bonds. The number of amides is 1. The van der Waals surface area contributed by atoms with Crippen molar-refractivity contribution in [3.63, 3.8) is 0 Å². The van der Waals surface area contributed by atoms with Gasteiger partial charge in [0, 0.05) is 13.1 Å². The molecule has 19 heavy (non-hydrogen) atoms. The lowest BCUT2D eigenvalue weighted by Gasteiger charge is -2.20. The lowest BCUT2D eigenvalue weighted by molar-refractivity contribution is 0.0757. The van der Waals surface area contributed by atoms with Crippen molar-refractivity contribution in [2.45, 2.75) is 26.7 Å². The van der Waals surface area contributed by atoms with E-state index in [1.54, 1.807) is 0 Å². The number of furan rings is 1. The number of carbonyl (C=O) groups excluding carboxylic acids is 1. The summed E-state index contributed by atoms with van der Waals surface area (Å²) in [6, 6.07) is 1.87. The summed E-state index contributed by atoms with van der Waals surface area (Å²) in [5.41, 5.74) is 0.739. The van der Waals surface area contributed by atoms with Crippen LogP contribution in [0.4, 0.5) is 0 Å². The Morgan fingerprint density at radius 1 is 1.26 bits per heavy atom. The Hall–Kier alpha value is -1.29. The van der Waals surface area contributed by atoms with Crippen LogP contribution in [0, 0.1) is 25.7 Å². The van der Waals surface area contributed by atoms with Crippen LogP contribution in [-0.2, 0) is 0 Å². The molecule has 4 nitrogen and oxygen atoms in total. The van der Waals surface area contributed by atoms with Crippen LogP contribution in [0.3, 0.4) is 0 Å². The summed E-state index contributed by atoms with van der Waals surface area (Å²) >= 11 is 0. The van der Waals surface area contributed by atoms with E-state index in [9.17, 15) is 4.79 Å². The van der Waals surface area contributed by atoms with Crippen LogP contribution in [0.5, 0.6) is 0 Å². The Balaban J connectivity index is 1.72. The van der Waals surface area contributed by atoms with Gasteiger partial charge in [0.15, 0.2) is 0 Å². The van der Waals surface area contributed by atoms with Gasteiger partial charge in [-0.2, -0.15) is 0 Å². The van der Waals surface area contributed by atoms with Gasteiger partial charge in [0.05, 0.1) is 5.56 Å². The zero-order valence-corrected chi connectivity index (χ0v) is 11.7. The van der Waals surface area contributed by atoms with Gasteiger partial charge in [-0.05, 0) is 57.7 Å². The van der Waals surface area contributed by atoms with Gasteiger partial charge in [-0.25, -0.2) is 0 Å². The molecule has 1 aromatic rings. The van der Waals surface area contributed by atoms with E-state index < -0.39 is 0 Å². The van der Waals surface area contributed by atoms with E-state index in [-0.39, 0.29) is 5.91 Å². The van der Waals surface area contributed by atoms with E-state index in [1.807, 2.05) is 24.8 Å². The second-order valence-corrected chi connectivity index (χ2v) is 5.87. The third-order valence-corrected chi connectivity index (χ3v) is 4.58. The molecule has 4 heteroatoms. The highest BCUT2D eigenvalue weighted by atomic mass is 16.3. The highest BCUT2D eigenvalue weighted by Crippen LogP contribution is 2.28. The van der Waals surface area contributed by atoms with Crippen LogP contribution in [0.15, 0.2) is 10.5 Å². The monoisotopic (exact) mass is 262 g/mol. The van der Waals surface area contributed by atoms with E-state index in [4.69, 9.17) is 4.42 Å². The largest absolute Gasteiger partial charge is 0.466 e. The number of aryl methyl sites for hydroxylation is 2. The van der Waals surface area contributed by atoms with Gasteiger partial charge >= 0.3 is 0 Å². The number of fused-ring (bicyclic) bond motifs is 1. The third-order valence-electron chi connectivity index (χ3n) is 4.58. The molecule has 0 saturated carbocycles. The second-order valence-electron chi connectivity index (χ2n) is 5.87. The molecule has 104 valence electrons. The van der Waals surface area contributed by atoms with Crippen molar-refractivity contribution in [2.24, 2.45) is 11.8 Å². The number of nitrogens with zero attached hydrogens (tertiary/aromatic N) is 1. The van der Waals surface area contributed by atoms with Gasteiger partial charge in [0.1, 0.15) is 11.5 Å². The predicted molar refractivity (Wildman–Crippen MR) is 73.2 cm³/mol. The highest BCUT2D eigenvalue weighted by Gasteiger charge is 2.32. The van der Waals surface area contributed by atoms with Crippen molar-refractivity contribution in [3.8, 4) is 0 Å². The van der Waals surface area contributed by atoms with Crippen molar-refractivity contribution in [1.29, 1.82) is 0 Å². The van der Waals surface area contributed by atoms with Crippen LogP contribution in [0.2, 0.25) is 0 Å². The molecule has 0 spiro atoms. The molecular formula is C15H22N2O2. The molecule has 2 saturated heterocycles. The van der Waals surface area contributed by atoms with Crippen LogP contribution < -0.4 is 5.32 Å². The zero-order chi connectivity index (χ0) is 13.4. The summed E-state index contributed by atoms with van der Waals surface area (Å²) in [5.74, 6) is 3.21. The molecule has 0 radical (unpaired) electrons. The Labute approximate surface area is 114 Å². The number of likely N-dealkylation sites (tertiary alicyclic amines) is 1. The first-order chi connectivity index (χ1) is 9.15. The summed E-state index contributed by atoms with van der Waals surface area (Å²) in [5, 5.41) is 3.46. The number of hydrogen-bond donors (Lipinski definition) is 1. The van der Waals surface area contributed by atoms with Gasteiger partial charge in [-0.15, -0.1) is 0 Å². The first-order valence-electron chi connectivity index (χ1n) is 7.22. The molecule has 0 aliphatic carbocycles. The molecule has 2 aliphatic rings. The van der Waals surface area contributed by atoms with Gasteiger partial charge in [-0.3, -0.25) is 4.79 Å². The van der Waals surface area contributed by atoms with E-state index in [0.717, 1.165) is 67.9 Å². The molecule has 3 rings (SSSR count). The van der Waals surface area contributed by atoms with E-state index in [1.165, 1.54) is 0 Å². The minimum Gasteiger partial charge on any atom is -0.466 e. The molecule has 2 aliphatic heterocycles. The van der Waals surface area contributed by atoms with Crippen molar-refractivity contribution in [2.75, 3.05) is 26.2 Å². The van der Waals surface area contributed by atoms with Crippen molar-refractivity contribution < 1.29 is 9.21 Å². The first kappa shape index (κ1) is 12.7. The van der Waals surface area contributed by atoms with Crippen LogP contribution in [0.25, 0.3) is 0 Å². The van der Waals surface area contributed by atoms with Gasteiger partial charge in [0.25, 0.3) is 5.91 Å². The minimum absolute atomic E-state index is 0.141. The molecular weight excluding hydrogens is 240 g/mol. The number of rotatable bonds is 1. The van der Waals surface area contributed by atoms with Crippen LogP contribution >= 0.6 is 0 Å². The van der Waals surface area contributed by atoms with Crippen LogP contribution in [-0.4, -0.2) is 37.0 Å². The maximum atomic E-state index is 12.6. The first-order valence-corrected chi connectivity index (χ1v) is 7.22. The maximum Gasteiger partial charge on any atom is 0.257 e. The molecule has 1 N–H and O–H groups in total. The van der Waals surface area contributed by atoms with Gasteiger partial charge in [0.2, 0.25) is 0 Å². The molecule has 2 fully saturated rings. The lowest BCUT2D eigenvalue weighted by Crippen LogP contribution is -2.32. The second kappa shape index (κ2) is 5.00. The average molecular weight is 262 g/mol. The van der Waals surface area contributed by atoms with Crippen LogP contribution in [0.1, 0.15) is 34.7 Å². The fraction of sp³-hybridized carbons (Fsp3) is 0.667. The summed E-state index contributed by atoms with van der Waals surface area (Å²) in [6.07, 6.45) is 2.25. The standard InChI is InChI=1S/C15H22N2O2/c1-10-7-14(11(2)19-10)15(18)17-5-3-12-8-16-9-13(12)4-6-17/h7,12-13,16H,3-6,8-9H2,1-2H3/t12-,13+. The van der Waals surface area contributed by atoms with E-state index >= 15 is 0 Å². The fourth-order valence-electron chi connectivity index (χ4n) is 3.43. The maximum absolute atomic E-state index is 12.6. The molecule has 0 aromatic carbocycles. The van der Waals surface area contributed by atoms with Gasteiger partial charge < -0.3 is 14.6 Å². The smallest absolute Gasteiger partial charge is 0.257 e. The van der Waals surface area contributed by atoms with E-state index in [2.05, 4.69) is 5.32 Å². The highest BCUT2D eigenvalue weighted by molar-refractivity contribution is 5.95. The zero-order valence-electron chi connectivity index (χ0n) is 11.7. The number of nitrogens with one attached hydrogen (secondary N) is 1. The normalized spacial score (nSPS) is 27.2. The quantitative estimate of drug-likeness (QED) is 0.841. The van der Waals surface area contributed by atoms with Gasteiger partial charge in [-0.1, -0.05) is 0 Å². The summed E-state index contributed by atoms with van der Waals surface area (Å²) in [7, 11) is 0. The topological polar surface area (TPSA) is 45.5 Å². The van der Waals surface area contributed by atoms with E-state index in [0.29, 0.717) is 0 Å². The third kappa shape index (κ3) is 2.41. The fourth-order valence-corrected chi connectivity index (χ4v) is 3.43. The Morgan fingerprint density at radius 3 is 2.42 bits per heavy atom. The summed E-state index contributed by atoms with van der Waals surface area (Å²) in [6.45, 7) is 7.77. The summed E-state index contributed by atoms with van der Waals surface area (Å²) in [4.78, 5) is 14.6. The minimum atomic E-state index is 0.141. The summed E-state index contributed by atoms with van der Waals surface area (Å²) < 4.78 is 5.47. The lowest BCUT2D eigenvalue weighted by atomic mass is 9.92. The average Bonchev–Trinajstić information content (AvgIpc) is 2.90. The number of hydrogen-bond acceptors (Lipinski definition) is 3. The van der Waals surface area contributed by atoms with Crippen molar-refractivity contribution in [1.82, 2.24) is 10.2 Å². The van der Waals surface area contributed by atoms with Crippen molar-refractivity contribution in [3.05, 3.63) is 23.2 Å². The Kier molecular flexibility index (Phi) is 3.35. The van der Waals surface area contributed by atoms with Crippen molar-refractivity contribution >= 4 is 5.91 Å². The number of carbonyl (C=O) groups is 1. The molecule has 2 atom stereocenters. The Morgan fingerprint density at radius 2 is 1.89 bits per heavy atom. The molecule has 1 aromatic heterocycles. The molecule has 3 heterocycles.